The molecular formula is C16H12Cl2N6OS. The van der Waals surface area contributed by atoms with Gasteiger partial charge < -0.3 is 5.32 Å². The second kappa shape index (κ2) is 6.79. The molecule has 0 radical (unpaired) electrons. The SMILES string of the molecule is CC1=CCCC(Cl)=C1n1cnc2nc(Nc3cc(Cl)ncn3)sc2c1=O. The number of rotatable bonds is 3. The number of thiazole rings is 1. The first-order valence-electron chi connectivity index (χ1n) is 7.72. The molecule has 4 rings (SSSR count). The van der Waals surface area contributed by atoms with Crippen LogP contribution < -0.4 is 10.9 Å². The van der Waals surface area contributed by atoms with Gasteiger partial charge in [0.1, 0.15) is 28.3 Å². The molecule has 0 saturated heterocycles. The van der Waals surface area contributed by atoms with Crippen molar-refractivity contribution < 1.29 is 0 Å². The summed E-state index contributed by atoms with van der Waals surface area (Å²) in [7, 11) is 0. The number of aromatic nitrogens is 5. The van der Waals surface area contributed by atoms with Crippen molar-refractivity contribution in [2.75, 3.05) is 5.32 Å². The molecule has 0 unspecified atom stereocenters. The molecule has 3 heterocycles. The third kappa shape index (κ3) is 3.11. The van der Waals surface area contributed by atoms with Crippen LogP contribution >= 0.6 is 34.5 Å². The highest BCUT2D eigenvalue weighted by atomic mass is 35.5. The average Bonchev–Trinajstić information content (AvgIpc) is 3.00. The molecule has 0 aromatic carbocycles. The van der Waals surface area contributed by atoms with E-state index in [1.807, 2.05) is 6.92 Å². The first-order chi connectivity index (χ1) is 12.5. The van der Waals surface area contributed by atoms with Crippen LogP contribution in [0.3, 0.4) is 0 Å². The van der Waals surface area contributed by atoms with Gasteiger partial charge in [0.05, 0.1) is 5.70 Å². The minimum atomic E-state index is -0.205. The minimum Gasteiger partial charge on any atom is -0.316 e. The van der Waals surface area contributed by atoms with Crippen LogP contribution in [0.1, 0.15) is 19.8 Å². The second-order valence-electron chi connectivity index (χ2n) is 5.62. The number of nitrogens with zero attached hydrogens (tertiary/aromatic N) is 5. The average molecular weight is 407 g/mol. The van der Waals surface area contributed by atoms with Crippen molar-refractivity contribution >= 4 is 61.5 Å². The van der Waals surface area contributed by atoms with E-state index in [4.69, 9.17) is 23.2 Å². The summed E-state index contributed by atoms with van der Waals surface area (Å²) in [4.78, 5) is 29.5. The van der Waals surface area contributed by atoms with Gasteiger partial charge in [0.15, 0.2) is 10.8 Å². The van der Waals surface area contributed by atoms with Gasteiger partial charge in [-0.25, -0.2) is 15.0 Å². The molecule has 10 heteroatoms. The first kappa shape index (κ1) is 17.1. The summed E-state index contributed by atoms with van der Waals surface area (Å²) >= 11 is 13.4. The number of nitrogens with one attached hydrogen (secondary N) is 1. The molecule has 0 saturated carbocycles. The maximum absolute atomic E-state index is 12.9. The molecule has 0 fully saturated rings. The number of allylic oxidation sites excluding steroid dienone is 4. The number of fused-ring (bicyclic) bond motifs is 1. The highest BCUT2D eigenvalue weighted by molar-refractivity contribution is 7.22. The molecule has 0 atom stereocenters. The highest BCUT2D eigenvalue weighted by Gasteiger charge is 2.18. The van der Waals surface area contributed by atoms with Gasteiger partial charge in [0, 0.05) is 11.1 Å². The van der Waals surface area contributed by atoms with Crippen molar-refractivity contribution in [2.45, 2.75) is 19.8 Å². The fourth-order valence-corrected chi connectivity index (χ4v) is 4.06. The van der Waals surface area contributed by atoms with Crippen molar-refractivity contribution in [3.8, 4) is 0 Å². The Morgan fingerprint density at radius 1 is 1.27 bits per heavy atom. The molecule has 0 spiro atoms. The van der Waals surface area contributed by atoms with Gasteiger partial charge >= 0.3 is 0 Å². The predicted molar refractivity (Wildman–Crippen MR) is 104 cm³/mol. The van der Waals surface area contributed by atoms with E-state index in [1.54, 1.807) is 6.07 Å². The van der Waals surface area contributed by atoms with Gasteiger partial charge in [-0.2, -0.15) is 4.98 Å². The van der Waals surface area contributed by atoms with Crippen molar-refractivity contribution in [2.24, 2.45) is 0 Å². The molecule has 1 aliphatic carbocycles. The van der Waals surface area contributed by atoms with Crippen LogP contribution in [0.2, 0.25) is 5.15 Å². The predicted octanol–water partition coefficient (Wildman–Crippen LogP) is 4.19. The van der Waals surface area contributed by atoms with E-state index in [0.717, 1.165) is 12.0 Å². The summed E-state index contributed by atoms with van der Waals surface area (Å²) in [5.74, 6) is 0.487. The van der Waals surface area contributed by atoms with Crippen molar-refractivity contribution in [3.05, 3.63) is 50.9 Å². The second-order valence-corrected chi connectivity index (χ2v) is 7.46. The molecule has 26 heavy (non-hydrogen) atoms. The van der Waals surface area contributed by atoms with Crippen molar-refractivity contribution in [1.82, 2.24) is 24.5 Å². The largest absolute Gasteiger partial charge is 0.316 e. The Bertz CT molecular complexity index is 1130. The fraction of sp³-hybridized carbons (Fsp3) is 0.188. The van der Waals surface area contributed by atoms with E-state index in [9.17, 15) is 4.79 Å². The summed E-state index contributed by atoms with van der Waals surface area (Å²) in [5, 5.41) is 4.48. The lowest BCUT2D eigenvalue weighted by Gasteiger charge is -2.17. The summed E-state index contributed by atoms with van der Waals surface area (Å²) in [6.07, 6.45) is 6.46. The van der Waals surface area contributed by atoms with Crippen molar-refractivity contribution in [1.29, 1.82) is 0 Å². The van der Waals surface area contributed by atoms with Crippen LogP contribution in [0.15, 0.2) is 40.2 Å². The first-order valence-corrected chi connectivity index (χ1v) is 9.29. The summed E-state index contributed by atoms with van der Waals surface area (Å²) in [5.41, 5.74) is 1.82. The van der Waals surface area contributed by atoms with Gasteiger partial charge in [-0.15, -0.1) is 0 Å². The van der Waals surface area contributed by atoms with Crippen LogP contribution in [0.4, 0.5) is 10.9 Å². The summed E-state index contributed by atoms with van der Waals surface area (Å²) < 4.78 is 1.92. The Kier molecular flexibility index (Phi) is 4.47. The molecule has 0 bridgehead atoms. The summed E-state index contributed by atoms with van der Waals surface area (Å²) in [6.45, 7) is 1.94. The van der Waals surface area contributed by atoms with Crippen LogP contribution in [-0.4, -0.2) is 24.5 Å². The van der Waals surface area contributed by atoms with Crippen LogP contribution in [-0.2, 0) is 0 Å². The molecule has 3 aromatic rings. The molecule has 1 N–H and O–H groups in total. The Hall–Kier alpha value is -2.29. The molecular weight excluding hydrogens is 395 g/mol. The van der Waals surface area contributed by atoms with Gasteiger partial charge in [-0.1, -0.05) is 40.6 Å². The third-order valence-corrected chi connectivity index (χ3v) is 5.39. The van der Waals surface area contributed by atoms with E-state index in [-0.39, 0.29) is 5.56 Å². The summed E-state index contributed by atoms with van der Waals surface area (Å²) in [6, 6.07) is 1.57. The Morgan fingerprint density at radius 3 is 2.88 bits per heavy atom. The van der Waals surface area contributed by atoms with Crippen molar-refractivity contribution in [3.63, 3.8) is 0 Å². The molecule has 132 valence electrons. The molecule has 0 amide bonds. The number of anilines is 2. The lowest BCUT2D eigenvalue weighted by atomic mass is 10.0. The zero-order valence-corrected chi connectivity index (χ0v) is 15.9. The maximum atomic E-state index is 12.9. The Labute approximate surface area is 162 Å². The van der Waals surface area contributed by atoms with Gasteiger partial charge in [-0.3, -0.25) is 9.36 Å². The minimum absolute atomic E-state index is 0.205. The monoisotopic (exact) mass is 406 g/mol. The highest BCUT2D eigenvalue weighted by Crippen LogP contribution is 2.31. The van der Waals surface area contributed by atoms with E-state index in [1.165, 1.54) is 28.6 Å². The fourth-order valence-electron chi connectivity index (χ4n) is 2.70. The topological polar surface area (TPSA) is 85.6 Å². The maximum Gasteiger partial charge on any atom is 0.277 e. The quantitative estimate of drug-likeness (QED) is 0.656. The Morgan fingerprint density at radius 2 is 2.12 bits per heavy atom. The van der Waals surface area contributed by atoms with Crippen LogP contribution in [0.5, 0.6) is 0 Å². The van der Waals surface area contributed by atoms with Gasteiger partial charge in [0.2, 0.25) is 0 Å². The number of hydrogen-bond acceptors (Lipinski definition) is 7. The zero-order valence-electron chi connectivity index (χ0n) is 13.5. The lowest BCUT2D eigenvalue weighted by Crippen LogP contribution is -2.21. The number of halogens is 2. The smallest absolute Gasteiger partial charge is 0.277 e. The third-order valence-electron chi connectivity index (χ3n) is 3.87. The standard InChI is InChI=1S/C16H12Cl2N6OS/c1-8-3-2-4-9(17)12(8)24-7-21-14-13(15(24)25)26-16(23-14)22-11-5-10(18)19-6-20-11/h3,5-7H,2,4H2,1H3,(H,19,20,22,23). The lowest BCUT2D eigenvalue weighted by molar-refractivity contribution is 0.922. The molecule has 3 aromatic heterocycles. The van der Waals surface area contributed by atoms with Crippen LogP contribution in [0, 0.1) is 0 Å². The van der Waals surface area contributed by atoms with E-state index in [2.05, 4.69) is 31.3 Å². The molecule has 1 aliphatic rings. The van der Waals surface area contributed by atoms with Gasteiger partial charge in [0.25, 0.3) is 5.56 Å². The zero-order chi connectivity index (χ0) is 18.3. The Balaban J connectivity index is 1.77. The molecule has 7 nitrogen and oxygen atoms in total. The number of hydrogen-bond donors (Lipinski definition) is 1. The molecule has 0 aliphatic heterocycles. The van der Waals surface area contributed by atoms with Crippen LogP contribution in [0.25, 0.3) is 16.0 Å². The van der Waals surface area contributed by atoms with E-state index < -0.39 is 0 Å². The normalized spacial score (nSPS) is 14.7. The van der Waals surface area contributed by atoms with E-state index >= 15 is 0 Å². The van der Waals surface area contributed by atoms with Gasteiger partial charge in [-0.05, 0) is 25.3 Å². The van der Waals surface area contributed by atoms with E-state index in [0.29, 0.717) is 43.6 Å².